The second-order valence-corrected chi connectivity index (χ2v) is 5.26. The van der Waals surface area contributed by atoms with Crippen molar-refractivity contribution in [2.24, 2.45) is 5.73 Å². The molecule has 0 saturated carbocycles. The summed E-state index contributed by atoms with van der Waals surface area (Å²) in [5.74, 6) is 0. The Kier molecular flexibility index (Phi) is 5.27. The molecular formula is C17H23N3. The summed E-state index contributed by atoms with van der Waals surface area (Å²) in [6.45, 7) is 3.50. The lowest BCUT2D eigenvalue weighted by atomic mass is 10.0. The first kappa shape index (κ1) is 14.7. The zero-order valence-electron chi connectivity index (χ0n) is 12.3. The number of aromatic nitrogens is 1. The van der Waals surface area contributed by atoms with Gasteiger partial charge in [-0.2, -0.15) is 0 Å². The van der Waals surface area contributed by atoms with Gasteiger partial charge in [-0.25, -0.2) is 0 Å². The molecular weight excluding hydrogens is 246 g/mol. The lowest BCUT2D eigenvalue weighted by Crippen LogP contribution is -2.39. The van der Waals surface area contributed by atoms with E-state index in [1.54, 1.807) is 0 Å². The van der Waals surface area contributed by atoms with E-state index in [1.807, 2.05) is 19.1 Å². The Morgan fingerprint density at radius 1 is 1.10 bits per heavy atom. The van der Waals surface area contributed by atoms with E-state index in [2.05, 4.69) is 53.3 Å². The van der Waals surface area contributed by atoms with Crippen molar-refractivity contribution in [3.63, 3.8) is 0 Å². The van der Waals surface area contributed by atoms with Gasteiger partial charge < -0.3 is 5.73 Å². The fourth-order valence-corrected chi connectivity index (χ4v) is 2.38. The molecule has 0 saturated heterocycles. The minimum absolute atomic E-state index is 0.333. The van der Waals surface area contributed by atoms with E-state index < -0.39 is 0 Å². The highest BCUT2D eigenvalue weighted by atomic mass is 15.1. The smallest absolute Gasteiger partial charge is 0.0547 e. The first-order chi connectivity index (χ1) is 9.69. The molecule has 2 rings (SSSR count). The summed E-state index contributed by atoms with van der Waals surface area (Å²) in [5.41, 5.74) is 9.42. The van der Waals surface area contributed by atoms with Gasteiger partial charge in [0.25, 0.3) is 0 Å². The maximum absolute atomic E-state index is 5.94. The minimum atomic E-state index is 0.333. The third kappa shape index (κ3) is 4.15. The zero-order chi connectivity index (χ0) is 14.4. The van der Waals surface area contributed by atoms with Gasteiger partial charge in [-0.1, -0.05) is 36.4 Å². The first-order valence-corrected chi connectivity index (χ1v) is 7.06. The molecule has 1 aromatic heterocycles. The number of pyridine rings is 1. The molecule has 0 radical (unpaired) electrons. The molecule has 0 aliphatic carbocycles. The van der Waals surface area contributed by atoms with Gasteiger partial charge in [0, 0.05) is 24.8 Å². The lowest BCUT2D eigenvalue weighted by Gasteiger charge is -2.27. The summed E-state index contributed by atoms with van der Waals surface area (Å²) in [6.07, 6.45) is 0.972. The summed E-state index contributed by atoms with van der Waals surface area (Å²) in [5, 5.41) is 0. The van der Waals surface area contributed by atoms with Crippen molar-refractivity contribution in [1.29, 1.82) is 0 Å². The molecule has 1 heterocycles. The van der Waals surface area contributed by atoms with E-state index in [0.717, 1.165) is 24.4 Å². The molecule has 0 aliphatic heterocycles. The predicted octanol–water partition coefficient (Wildman–Crippen LogP) is 2.39. The normalized spacial score (nSPS) is 12.6. The van der Waals surface area contributed by atoms with Gasteiger partial charge in [-0.05, 0) is 38.1 Å². The van der Waals surface area contributed by atoms with E-state index >= 15 is 0 Å². The highest BCUT2D eigenvalue weighted by Gasteiger charge is 2.14. The summed E-state index contributed by atoms with van der Waals surface area (Å²) in [4.78, 5) is 6.84. The number of nitrogens with two attached hydrogens (primary N) is 1. The highest BCUT2D eigenvalue weighted by Crippen LogP contribution is 2.10. The number of benzene rings is 1. The Morgan fingerprint density at radius 2 is 1.85 bits per heavy atom. The van der Waals surface area contributed by atoms with Crippen LogP contribution in [0.2, 0.25) is 0 Å². The van der Waals surface area contributed by atoms with Gasteiger partial charge in [0.1, 0.15) is 0 Å². The third-order valence-corrected chi connectivity index (χ3v) is 3.57. The fourth-order valence-electron chi connectivity index (χ4n) is 2.38. The quantitative estimate of drug-likeness (QED) is 0.875. The molecule has 20 heavy (non-hydrogen) atoms. The van der Waals surface area contributed by atoms with Crippen molar-refractivity contribution in [3.05, 3.63) is 65.5 Å². The van der Waals surface area contributed by atoms with E-state index in [0.29, 0.717) is 12.6 Å². The van der Waals surface area contributed by atoms with E-state index in [-0.39, 0.29) is 0 Å². The number of nitrogens with zero attached hydrogens (tertiary/aromatic N) is 2. The number of aryl methyl sites for hydroxylation is 1. The van der Waals surface area contributed by atoms with Crippen LogP contribution in [0.5, 0.6) is 0 Å². The molecule has 1 atom stereocenters. The van der Waals surface area contributed by atoms with Gasteiger partial charge in [0.15, 0.2) is 0 Å². The Hall–Kier alpha value is -1.71. The van der Waals surface area contributed by atoms with Crippen LogP contribution in [0.15, 0.2) is 48.5 Å². The van der Waals surface area contributed by atoms with Crippen molar-refractivity contribution in [2.75, 3.05) is 13.6 Å². The number of hydrogen-bond donors (Lipinski definition) is 1. The molecule has 3 nitrogen and oxygen atoms in total. The monoisotopic (exact) mass is 269 g/mol. The largest absolute Gasteiger partial charge is 0.329 e. The summed E-state index contributed by atoms with van der Waals surface area (Å²) >= 11 is 0. The van der Waals surface area contributed by atoms with Crippen molar-refractivity contribution in [2.45, 2.75) is 25.9 Å². The number of rotatable bonds is 6. The molecule has 2 N–H and O–H groups in total. The number of likely N-dealkylation sites (N-methyl/N-ethyl adjacent to an activating group) is 1. The minimum Gasteiger partial charge on any atom is -0.329 e. The zero-order valence-corrected chi connectivity index (χ0v) is 12.3. The predicted molar refractivity (Wildman–Crippen MR) is 83.4 cm³/mol. The topological polar surface area (TPSA) is 42.1 Å². The number of hydrogen-bond acceptors (Lipinski definition) is 3. The molecule has 0 spiro atoms. The Bertz CT molecular complexity index is 525. The standard InChI is InChI=1S/C17H23N3/c1-14-7-6-10-16(19-14)13-20(2)17(12-18)11-15-8-4-3-5-9-15/h3-10,17H,11-13,18H2,1-2H3. The average Bonchev–Trinajstić information content (AvgIpc) is 2.45. The molecule has 1 unspecified atom stereocenters. The first-order valence-electron chi connectivity index (χ1n) is 7.06. The maximum atomic E-state index is 5.94. The summed E-state index contributed by atoms with van der Waals surface area (Å²) in [6, 6.07) is 17.0. The Balaban J connectivity index is 2.00. The molecule has 1 aromatic carbocycles. The Labute approximate surface area is 121 Å². The maximum Gasteiger partial charge on any atom is 0.0547 e. The molecule has 0 bridgehead atoms. The van der Waals surface area contributed by atoms with Crippen molar-refractivity contribution >= 4 is 0 Å². The average molecular weight is 269 g/mol. The van der Waals surface area contributed by atoms with Gasteiger partial charge in [-0.15, -0.1) is 0 Å². The van der Waals surface area contributed by atoms with Crippen LogP contribution in [-0.4, -0.2) is 29.5 Å². The summed E-state index contributed by atoms with van der Waals surface area (Å²) < 4.78 is 0. The van der Waals surface area contributed by atoms with Crippen LogP contribution in [0.3, 0.4) is 0 Å². The molecule has 0 aliphatic rings. The molecule has 106 valence electrons. The van der Waals surface area contributed by atoms with Gasteiger partial charge in [0.2, 0.25) is 0 Å². The van der Waals surface area contributed by atoms with Crippen molar-refractivity contribution < 1.29 is 0 Å². The van der Waals surface area contributed by atoms with Crippen LogP contribution < -0.4 is 5.73 Å². The van der Waals surface area contributed by atoms with Crippen molar-refractivity contribution in [3.8, 4) is 0 Å². The van der Waals surface area contributed by atoms with Crippen LogP contribution in [-0.2, 0) is 13.0 Å². The van der Waals surface area contributed by atoms with E-state index in [1.165, 1.54) is 5.56 Å². The van der Waals surface area contributed by atoms with Crippen LogP contribution in [0, 0.1) is 6.92 Å². The molecule has 3 heteroatoms. The van der Waals surface area contributed by atoms with E-state index in [4.69, 9.17) is 5.73 Å². The van der Waals surface area contributed by atoms with Crippen LogP contribution >= 0.6 is 0 Å². The van der Waals surface area contributed by atoms with Gasteiger partial charge in [-0.3, -0.25) is 9.88 Å². The molecule has 0 fully saturated rings. The van der Waals surface area contributed by atoms with Crippen LogP contribution in [0.1, 0.15) is 17.0 Å². The second kappa shape index (κ2) is 7.17. The highest BCUT2D eigenvalue weighted by molar-refractivity contribution is 5.16. The summed E-state index contributed by atoms with van der Waals surface area (Å²) in [7, 11) is 2.12. The molecule has 0 amide bonds. The van der Waals surface area contributed by atoms with Gasteiger partial charge >= 0.3 is 0 Å². The van der Waals surface area contributed by atoms with Crippen LogP contribution in [0.4, 0.5) is 0 Å². The van der Waals surface area contributed by atoms with E-state index in [9.17, 15) is 0 Å². The van der Waals surface area contributed by atoms with Gasteiger partial charge in [0.05, 0.1) is 5.69 Å². The molecule has 2 aromatic rings. The lowest BCUT2D eigenvalue weighted by molar-refractivity contribution is 0.234. The fraction of sp³-hybridized carbons (Fsp3) is 0.353. The van der Waals surface area contributed by atoms with Crippen molar-refractivity contribution in [1.82, 2.24) is 9.88 Å². The van der Waals surface area contributed by atoms with Crippen LogP contribution in [0.25, 0.3) is 0 Å². The Morgan fingerprint density at radius 3 is 2.50 bits per heavy atom. The third-order valence-electron chi connectivity index (χ3n) is 3.57. The second-order valence-electron chi connectivity index (χ2n) is 5.26. The SMILES string of the molecule is Cc1cccc(CN(C)C(CN)Cc2ccccc2)n1.